The lowest BCUT2D eigenvalue weighted by molar-refractivity contribution is -0.137. The van der Waals surface area contributed by atoms with Crippen molar-refractivity contribution in [3.05, 3.63) is 77.4 Å². The minimum Gasteiger partial charge on any atom is -0.497 e. The summed E-state index contributed by atoms with van der Waals surface area (Å²) in [5.74, 6) is -0.138. The second-order valence-electron chi connectivity index (χ2n) is 8.76. The third-order valence-corrected chi connectivity index (χ3v) is 6.27. The monoisotopic (exact) mass is 479 g/mol. The lowest BCUT2D eigenvalue weighted by Gasteiger charge is -2.22. The smallest absolute Gasteiger partial charge is 0.303 e. The maximum Gasteiger partial charge on any atom is 0.303 e. The fourth-order valence-corrected chi connectivity index (χ4v) is 4.28. The van der Waals surface area contributed by atoms with Crippen molar-refractivity contribution >= 4 is 17.7 Å². The van der Waals surface area contributed by atoms with E-state index in [0.29, 0.717) is 48.2 Å². The van der Waals surface area contributed by atoms with Gasteiger partial charge in [-0.05, 0) is 55.2 Å². The van der Waals surface area contributed by atoms with Crippen molar-refractivity contribution in [2.75, 3.05) is 13.7 Å². The molecular weight excluding hydrogens is 446 g/mol. The first-order chi connectivity index (χ1) is 16.9. The Balaban J connectivity index is 1.58. The molecule has 1 amide bonds. The molecule has 0 aromatic heterocycles. The van der Waals surface area contributed by atoms with Gasteiger partial charge >= 0.3 is 5.97 Å². The number of unbranched alkanes of at least 4 members (excludes halogenated alkanes) is 3. The van der Waals surface area contributed by atoms with Crippen molar-refractivity contribution in [1.29, 1.82) is 0 Å². The molecule has 1 fully saturated rings. The molecule has 2 atom stereocenters. The molecule has 0 bridgehead atoms. The summed E-state index contributed by atoms with van der Waals surface area (Å²) in [7, 11) is 1.57. The van der Waals surface area contributed by atoms with Gasteiger partial charge in [-0.3, -0.25) is 14.4 Å². The molecule has 1 unspecified atom stereocenters. The molecule has 2 N–H and O–H groups in total. The number of amides is 1. The molecule has 0 aliphatic carbocycles. The van der Waals surface area contributed by atoms with Crippen LogP contribution in [0, 0.1) is 0 Å². The zero-order valence-corrected chi connectivity index (χ0v) is 20.1. The van der Waals surface area contributed by atoms with Crippen LogP contribution < -0.4 is 4.74 Å². The van der Waals surface area contributed by atoms with E-state index in [1.165, 1.54) is 0 Å². The zero-order chi connectivity index (χ0) is 25.2. The number of benzene rings is 2. The van der Waals surface area contributed by atoms with E-state index in [2.05, 4.69) is 0 Å². The van der Waals surface area contributed by atoms with Crippen LogP contribution in [0.1, 0.15) is 72.5 Å². The van der Waals surface area contributed by atoms with Gasteiger partial charge < -0.3 is 19.8 Å². The van der Waals surface area contributed by atoms with Crippen molar-refractivity contribution in [3.63, 3.8) is 0 Å². The van der Waals surface area contributed by atoms with Gasteiger partial charge in [-0.15, -0.1) is 0 Å². The van der Waals surface area contributed by atoms with E-state index in [-0.39, 0.29) is 24.2 Å². The molecule has 2 aromatic carbocycles. The van der Waals surface area contributed by atoms with E-state index < -0.39 is 12.1 Å². The summed E-state index contributed by atoms with van der Waals surface area (Å²) in [5, 5.41) is 19.4. The number of ketones is 1. The van der Waals surface area contributed by atoms with Gasteiger partial charge in [-0.2, -0.15) is 0 Å². The molecule has 2 aromatic rings. The number of aliphatic carboxylic acids is 1. The summed E-state index contributed by atoms with van der Waals surface area (Å²) >= 11 is 0. The van der Waals surface area contributed by atoms with Crippen LogP contribution in [0.15, 0.2) is 60.7 Å². The highest BCUT2D eigenvalue weighted by molar-refractivity contribution is 6.09. The van der Waals surface area contributed by atoms with Gasteiger partial charge in [0.1, 0.15) is 5.75 Å². The fourth-order valence-electron chi connectivity index (χ4n) is 4.28. The van der Waals surface area contributed by atoms with Gasteiger partial charge in [0.15, 0.2) is 5.78 Å². The largest absolute Gasteiger partial charge is 0.497 e. The molecular formula is C28H33NO6. The number of nitrogens with zero attached hydrogens (tertiary/aromatic N) is 1. The lowest BCUT2D eigenvalue weighted by Crippen LogP contribution is -2.32. The normalized spacial score (nSPS) is 16.6. The molecule has 1 saturated heterocycles. The van der Waals surface area contributed by atoms with Crippen LogP contribution in [0.2, 0.25) is 0 Å². The Labute approximate surface area is 206 Å². The van der Waals surface area contributed by atoms with Gasteiger partial charge in [-0.1, -0.05) is 43.2 Å². The molecule has 35 heavy (non-hydrogen) atoms. The van der Waals surface area contributed by atoms with Crippen LogP contribution in [-0.2, 0) is 9.59 Å². The molecule has 3 rings (SSSR count). The highest BCUT2D eigenvalue weighted by atomic mass is 16.5. The van der Waals surface area contributed by atoms with Crippen LogP contribution in [0.5, 0.6) is 5.75 Å². The highest BCUT2D eigenvalue weighted by Crippen LogP contribution is 2.24. The minimum atomic E-state index is -0.896. The topological polar surface area (TPSA) is 104 Å². The Hall–Kier alpha value is -3.45. The van der Waals surface area contributed by atoms with Crippen LogP contribution in [-0.4, -0.2) is 52.5 Å². The number of ether oxygens (including phenoxy) is 1. The van der Waals surface area contributed by atoms with Gasteiger partial charge in [-0.25, -0.2) is 0 Å². The third-order valence-electron chi connectivity index (χ3n) is 6.27. The van der Waals surface area contributed by atoms with E-state index >= 15 is 0 Å². The van der Waals surface area contributed by atoms with Gasteiger partial charge in [0.2, 0.25) is 5.91 Å². The molecule has 0 radical (unpaired) electrons. The summed E-state index contributed by atoms with van der Waals surface area (Å²) in [5.41, 5.74) is 1.63. The Morgan fingerprint density at radius 1 is 1.09 bits per heavy atom. The Bertz CT molecular complexity index is 1050. The van der Waals surface area contributed by atoms with Crippen LogP contribution in [0.25, 0.3) is 0 Å². The number of hydrogen-bond donors (Lipinski definition) is 2. The summed E-state index contributed by atoms with van der Waals surface area (Å²) < 4.78 is 5.14. The maximum absolute atomic E-state index is 12.9. The van der Waals surface area contributed by atoms with E-state index in [9.17, 15) is 19.5 Å². The molecule has 7 heteroatoms. The number of carbonyl (C=O) groups is 3. The van der Waals surface area contributed by atoms with E-state index in [1.807, 2.05) is 11.0 Å². The van der Waals surface area contributed by atoms with Crippen LogP contribution in [0.3, 0.4) is 0 Å². The van der Waals surface area contributed by atoms with Crippen molar-refractivity contribution < 1.29 is 29.3 Å². The number of aliphatic hydroxyl groups is 1. The number of aliphatic hydroxyl groups excluding tert-OH is 1. The fraction of sp³-hybridized carbons (Fsp3) is 0.393. The lowest BCUT2D eigenvalue weighted by atomic mass is 9.99. The molecule has 0 saturated carbocycles. The molecule has 1 aliphatic heterocycles. The number of hydrogen-bond acceptors (Lipinski definition) is 5. The highest BCUT2D eigenvalue weighted by Gasteiger charge is 2.28. The molecule has 0 spiro atoms. The average molecular weight is 480 g/mol. The quantitative estimate of drug-likeness (QED) is 0.248. The predicted octanol–water partition coefficient (Wildman–Crippen LogP) is 4.54. The number of rotatable bonds is 13. The van der Waals surface area contributed by atoms with E-state index in [1.54, 1.807) is 61.7 Å². The first-order valence-electron chi connectivity index (χ1n) is 12.1. The number of carboxylic acids is 1. The second kappa shape index (κ2) is 12.9. The third kappa shape index (κ3) is 7.52. The van der Waals surface area contributed by atoms with Gasteiger partial charge in [0.25, 0.3) is 0 Å². The summed E-state index contributed by atoms with van der Waals surface area (Å²) in [6.45, 7) is 0.628. The van der Waals surface area contributed by atoms with Gasteiger partial charge in [0.05, 0.1) is 19.3 Å². The van der Waals surface area contributed by atoms with Gasteiger partial charge in [0, 0.05) is 30.5 Å². The Morgan fingerprint density at radius 3 is 2.54 bits per heavy atom. The van der Waals surface area contributed by atoms with Crippen molar-refractivity contribution in [1.82, 2.24) is 4.90 Å². The maximum atomic E-state index is 12.9. The second-order valence-corrected chi connectivity index (χ2v) is 8.76. The van der Waals surface area contributed by atoms with Crippen LogP contribution >= 0.6 is 0 Å². The summed E-state index contributed by atoms with van der Waals surface area (Å²) in [6.07, 6.45) is 7.22. The minimum absolute atomic E-state index is 0.0692. The Morgan fingerprint density at radius 2 is 1.83 bits per heavy atom. The standard InChI is InChI=1S/C28H33NO6/c1-35-24-14-10-20(11-15-24)28(34)22-8-6-7-21(19-22)25(30)16-12-23-13-17-26(31)29(23)18-5-3-2-4-9-27(32)33/h6-8,10-12,14-16,19,23,25,30H,2-5,9,13,17-18H2,1H3,(H,32,33)/b16-12+/t23-,25?/m0/s1. The summed E-state index contributed by atoms with van der Waals surface area (Å²) in [4.78, 5) is 37.6. The zero-order valence-electron chi connectivity index (χ0n) is 20.1. The Kier molecular flexibility index (Phi) is 9.61. The summed E-state index contributed by atoms with van der Waals surface area (Å²) in [6, 6.07) is 13.8. The number of carbonyl (C=O) groups excluding carboxylic acids is 2. The number of carboxylic acid groups (broad SMARTS) is 1. The van der Waals surface area contributed by atoms with E-state index in [0.717, 1.165) is 19.3 Å². The average Bonchev–Trinajstić information content (AvgIpc) is 3.23. The number of likely N-dealkylation sites (tertiary alicyclic amines) is 1. The molecule has 1 aliphatic rings. The van der Waals surface area contributed by atoms with E-state index in [4.69, 9.17) is 9.84 Å². The predicted molar refractivity (Wildman–Crippen MR) is 132 cm³/mol. The van der Waals surface area contributed by atoms with Crippen molar-refractivity contribution in [3.8, 4) is 5.75 Å². The molecule has 186 valence electrons. The van der Waals surface area contributed by atoms with Crippen molar-refractivity contribution in [2.45, 2.75) is 57.1 Å². The van der Waals surface area contributed by atoms with Crippen molar-refractivity contribution in [2.24, 2.45) is 0 Å². The van der Waals surface area contributed by atoms with Crippen LogP contribution in [0.4, 0.5) is 0 Å². The number of methoxy groups -OCH3 is 1. The first-order valence-corrected chi connectivity index (χ1v) is 12.1. The molecule has 1 heterocycles. The molecule has 7 nitrogen and oxygen atoms in total. The SMILES string of the molecule is COc1ccc(C(=O)c2cccc(C(O)/C=C/[C@H]3CCC(=O)N3CCCCCCC(=O)O)c2)cc1. The first kappa shape index (κ1) is 26.2.